The maximum atomic E-state index is 12.7. The summed E-state index contributed by atoms with van der Waals surface area (Å²) in [6.07, 6.45) is 2.42. The van der Waals surface area contributed by atoms with E-state index in [2.05, 4.69) is 20.1 Å². The third-order valence-corrected chi connectivity index (χ3v) is 6.86. The van der Waals surface area contributed by atoms with Gasteiger partial charge in [-0.3, -0.25) is 4.79 Å². The molecule has 1 unspecified atom stereocenters. The summed E-state index contributed by atoms with van der Waals surface area (Å²) in [7, 11) is 7.69. The Balaban J connectivity index is 2.08. The van der Waals surface area contributed by atoms with Crippen molar-refractivity contribution in [1.29, 1.82) is 0 Å². The minimum atomic E-state index is -0.459. The molecule has 39 heavy (non-hydrogen) atoms. The van der Waals surface area contributed by atoms with E-state index in [1.165, 1.54) is 0 Å². The molecule has 1 heterocycles. The zero-order chi connectivity index (χ0) is 28.7. The molecule has 9 heteroatoms. The normalized spacial score (nSPS) is 12.6. The number of nitrogen functional groups attached to an aromatic ring is 1. The first-order chi connectivity index (χ1) is 18.6. The van der Waals surface area contributed by atoms with Gasteiger partial charge in [-0.25, -0.2) is 9.97 Å². The number of primary amides is 1. The van der Waals surface area contributed by atoms with E-state index in [1.54, 1.807) is 19.4 Å². The zero-order valence-corrected chi connectivity index (χ0v) is 24.1. The fraction of sp³-hybridized carbons (Fsp3) is 0.367. The number of anilines is 4. The molecule has 0 aliphatic heterocycles. The molecule has 3 rings (SSSR count). The Kier molecular flexibility index (Phi) is 9.89. The second kappa shape index (κ2) is 13.1. The van der Waals surface area contributed by atoms with E-state index in [0.717, 1.165) is 36.3 Å². The van der Waals surface area contributed by atoms with Crippen LogP contribution < -0.4 is 26.4 Å². The predicted molar refractivity (Wildman–Crippen MR) is 160 cm³/mol. The van der Waals surface area contributed by atoms with Crippen LogP contribution in [0.25, 0.3) is 5.57 Å². The van der Waals surface area contributed by atoms with Crippen molar-refractivity contribution in [3.63, 3.8) is 0 Å². The lowest BCUT2D eigenvalue weighted by Crippen LogP contribution is -2.29. The van der Waals surface area contributed by atoms with Crippen LogP contribution in [0.3, 0.4) is 0 Å². The fourth-order valence-corrected chi connectivity index (χ4v) is 4.42. The predicted octanol–water partition coefficient (Wildman–Crippen LogP) is 4.45. The Labute approximate surface area is 231 Å². The molecule has 0 bridgehead atoms. The minimum Gasteiger partial charge on any atom is -0.494 e. The molecule has 0 saturated carbocycles. The molecule has 0 radical (unpaired) electrons. The van der Waals surface area contributed by atoms with Crippen molar-refractivity contribution in [3.05, 3.63) is 71.1 Å². The van der Waals surface area contributed by atoms with Crippen LogP contribution in [0.2, 0.25) is 0 Å². The molecular weight excluding hydrogens is 490 g/mol. The number of rotatable bonds is 12. The van der Waals surface area contributed by atoms with Gasteiger partial charge >= 0.3 is 0 Å². The first kappa shape index (κ1) is 29.4. The number of carbonyl (C=O) groups excluding carboxylic acids is 1. The molecule has 1 aromatic heterocycles. The number of hydrogen-bond donors (Lipinski definition) is 3. The Hall–Kier alpha value is -4.11. The summed E-state index contributed by atoms with van der Waals surface area (Å²) >= 11 is 0. The van der Waals surface area contributed by atoms with Gasteiger partial charge < -0.3 is 31.3 Å². The fourth-order valence-electron chi connectivity index (χ4n) is 4.42. The number of likely N-dealkylation sites (N-methyl/N-ethyl adjacent to an activating group) is 2. The lowest BCUT2D eigenvalue weighted by atomic mass is 9.86. The smallest absolute Gasteiger partial charge is 0.245 e. The van der Waals surface area contributed by atoms with Crippen LogP contribution in [0.5, 0.6) is 5.75 Å². The van der Waals surface area contributed by atoms with Crippen molar-refractivity contribution in [3.8, 4) is 5.75 Å². The number of ether oxygens (including phenoxy) is 1. The lowest BCUT2D eigenvalue weighted by molar-refractivity contribution is -0.115. The molecule has 0 aliphatic carbocycles. The highest BCUT2D eigenvalue weighted by atomic mass is 16.5. The van der Waals surface area contributed by atoms with Crippen LogP contribution in [0, 0.1) is 12.8 Å². The highest BCUT2D eigenvalue weighted by Crippen LogP contribution is 2.37. The van der Waals surface area contributed by atoms with Crippen molar-refractivity contribution < 1.29 is 9.53 Å². The van der Waals surface area contributed by atoms with Gasteiger partial charge in [-0.2, -0.15) is 0 Å². The molecule has 0 saturated heterocycles. The maximum absolute atomic E-state index is 12.7. The largest absolute Gasteiger partial charge is 0.494 e. The molecule has 0 aliphatic rings. The first-order valence-electron chi connectivity index (χ1n) is 13.1. The van der Waals surface area contributed by atoms with Gasteiger partial charge in [-0.1, -0.05) is 38.1 Å². The van der Waals surface area contributed by atoms with Crippen LogP contribution in [-0.4, -0.2) is 62.1 Å². The second-order valence-corrected chi connectivity index (χ2v) is 10.0. The topological polar surface area (TPSA) is 123 Å². The molecule has 208 valence electrons. The number of aromatic nitrogens is 2. The quantitative estimate of drug-likeness (QED) is 0.231. The highest BCUT2D eigenvalue weighted by molar-refractivity contribution is 6.04. The van der Waals surface area contributed by atoms with Crippen LogP contribution in [-0.2, 0) is 4.79 Å². The van der Waals surface area contributed by atoms with Gasteiger partial charge in [0.2, 0.25) is 11.9 Å². The summed E-state index contributed by atoms with van der Waals surface area (Å²) in [4.78, 5) is 26.2. The third-order valence-electron chi connectivity index (χ3n) is 6.86. The van der Waals surface area contributed by atoms with Gasteiger partial charge in [0.1, 0.15) is 5.75 Å². The van der Waals surface area contributed by atoms with Crippen molar-refractivity contribution in [2.24, 2.45) is 11.7 Å². The summed E-state index contributed by atoms with van der Waals surface area (Å²) in [5.74, 6) is 0.439. The van der Waals surface area contributed by atoms with Gasteiger partial charge in [0.15, 0.2) is 0 Å². The van der Waals surface area contributed by atoms with Gasteiger partial charge in [-0.15, -0.1) is 0 Å². The number of carbonyl (C=O) groups is 1. The Morgan fingerprint density at radius 3 is 2.46 bits per heavy atom. The lowest BCUT2D eigenvalue weighted by Gasteiger charge is -2.24. The summed E-state index contributed by atoms with van der Waals surface area (Å²) in [5.41, 5.74) is 18.3. The zero-order valence-electron chi connectivity index (χ0n) is 24.1. The molecule has 1 amide bonds. The molecule has 3 aromatic rings. The number of amides is 1. The number of nitrogens with two attached hydrogens (primary N) is 2. The maximum Gasteiger partial charge on any atom is 0.245 e. The van der Waals surface area contributed by atoms with E-state index in [9.17, 15) is 4.79 Å². The van der Waals surface area contributed by atoms with Gasteiger partial charge in [0, 0.05) is 43.5 Å². The average Bonchev–Trinajstić information content (AvgIpc) is 2.90. The van der Waals surface area contributed by atoms with Crippen LogP contribution in [0.15, 0.2) is 54.2 Å². The van der Waals surface area contributed by atoms with Crippen LogP contribution in [0.4, 0.5) is 23.0 Å². The van der Waals surface area contributed by atoms with Crippen molar-refractivity contribution >= 4 is 34.5 Å². The van der Waals surface area contributed by atoms with E-state index < -0.39 is 5.91 Å². The van der Waals surface area contributed by atoms with E-state index in [-0.39, 0.29) is 5.92 Å². The van der Waals surface area contributed by atoms with E-state index in [4.69, 9.17) is 21.2 Å². The molecule has 9 nitrogen and oxygen atoms in total. The Morgan fingerprint density at radius 2 is 1.85 bits per heavy atom. The van der Waals surface area contributed by atoms with Gasteiger partial charge in [0.05, 0.1) is 29.9 Å². The monoisotopic (exact) mass is 531 g/mol. The summed E-state index contributed by atoms with van der Waals surface area (Å²) in [6.45, 7) is 7.75. The molecular formula is C30H41N7O2. The molecule has 1 atom stereocenters. The molecule has 2 aromatic carbocycles. The van der Waals surface area contributed by atoms with E-state index in [0.29, 0.717) is 39.9 Å². The second-order valence-electron chi connectivity index (χ2n) is 10.0. The number of benzene rings is 2. The van der Waals surface area contributed by atoms with Crippen LogP contribution >= 0.6 is 0 Å². The number of nitrogens with one attached hydrogen (secondary N) is 1. The Bertz CT molecular complexity index is 1340. The van der Waals surface area contributed by atoms with Crippen molar-refractivity contribution in [2.75, 3.05) is 57.3 Å². The van der Waals surface area contributed by atoms with Gasteiger partial charge in [0.25, 0.3) is 0 Å². The highest BCUT2D eigenvalue weighted by Gasteiger charge is 2.23. The van der Waals surface area contributed by atoms with Crippen LogP contribution in [0.1, 0.15) is 37.1 Å². The van der Waals surface area contributed by atoms with E-state index >= 15 is 0 Å². The minimum absolute atomic E-state index is 0.0552. The summed E-state index contributed by atoms with van der Waals surface area (Å²) in [5, 5.41) is 3.26. The molecule has 5 N–H and O–H groups in total. The summed E-state index contributed by atoms with van der Waals surface area (Å²) < 4.78 is 5.69. The van der Waals surface area contributed by atoms with E-state index in [1.807, 2.05) is 78.3 Å². The number of nitrogens with zero attached hydrogens (tertiary/aromatic N) is 4. The third kappa shape index (κ3) is 7.06. The van der Waals surface area contributed by atoms with Crippen molar-refractivity contribution in [1.82, 2.24) is 14.9 Å². The number of hydrogen-bond acceptors (Lipinski definition) is 8. The molecule has 0 spiro atoms. The van der Waals surface area contributed by atoms with Crippen molar-refractivity contribution in [2.45, 2.75) is 27.2 Å². The summed E-state index contributed by atoms with van der Waals surface area (Å²) in [6, 6.07) is 13.4. The first-order valence-corrected chi connectivity index (χ1v) is 13.1. The number of aryl methyl sites for hydroxylation is 1. The average molecular weight is 532 g/mol. The van der Waals surface area contributed by atoms with Gasteiger partial charge in [-0.05, 0) is 56.6 Å². The standard InChI is InChI=1S/C30H41N7O2/c1-8-19(2)27(29(32)38)28(21-12-10-9-11-20(21)3)23-13-14-33-30(34-23)35-24-17-22(31)25(18-26(24)39-7)37(6)16-15-36(4)5/h9-14,17-19H,8,15-16,31H2,1-7H3,(H2,32,38)(H,33,34,35)/b28-27-. The molecule has 0 fully saturated rings. The Morgan fingerprint density at radius 1 is 1.13 bits per heavy atom. The number of methoxy groups -OCH3 is 1. The SMILES string of the molecule is CCC(C)/C(C(N)=O)=C(/c1ccnc(Nc2cc(N)c(N(C)CCN(C)C)cc2OC)n1)c1ccccc1C.